The van der Waals surface area contributed by atoms with E-state index in [9.17, 15) is 19.5 Å². The van der Waals surface area contributed by atoms with Crippen LogP contribution in [0.3, 0.4) is 0 Å². The molecule has 7 unspecified atom stereocenters. The summed E-state index contributed by atoms with van der Waals surface area (Å²) >= 11 is 0. The molecule has 3 heterocycles. The van der Waals surface area contributed by atoms with Crippen LogP contribution in [0.4, 0.5) is 0 Å². The smallest absolute Gasteiger partial charge is 0.335 e. The molecule has 2 fully saturated rings. The molecule has 30 heavy (non-hydrogen) atoms. The summed E-state index contributed by atoms with van der Waals surface area (Å²) in [7, 11) is 0. The maximum atomic E-state index is 13.0. The number of hydrogen-bond acceptors (Lipinski definition) is 8. The predicted octanol–water partition coefficient (Wildman–Crippen LogP) is 1.85. The average Bonchev–Trinajstić information content (AvgIpc) is 3.33. The molecule has 8 heteroatoms. The van der Waals surface area contributed by atoms with Gasteiger partial charge in [0.2, 0.25) is 0 Å². The van der Waals surface area contributed by atoms with Gasteiger partial charge in [-0.05, 0) is 18.6 Å². The Labute approximate surface area is 172 Å². The molecule has 158 valence electrons. The van der Waals surface area contributed by atoms with Gasteiger partial charge in [0.15, 0.2) is 6.10 Å². The quantitative estimate of drug-likeness (QED) is 0.443. The molecule has 2 aliphatic heterocycles. The highest BCUT2D eigenvalue weighted by Gasteiger charge is 2.69. The number of ether oxygens (including phenoxy) is 3. The summed E-state index contributed by atoms with van der Waals surface area (Å²) in [6.45, 7) is 3.21. The molecule has 2 saturated heterocycles. The van der Waals surface area contributed by atoms with Crippen molar-refractivity contribution in [2.75, 3.05) is 6.61 Å². The van der Waals surface area contributed by atoms with E-state index in [1.807, 2.05) is 0 Å². The third-order valence-electron chi connectivity index (χ3n) is 7.24. The van der Waals surface area contributed by atoms with Gasteiger partial charge in [0.25, 0.3) is 0 Å². The van der Waals surface area contributed by atoms with E-state index in [1.54, 1.807) is 31.2 Å². The summed E-state index contributed by atoms with van der Waals surface area (Å²) in [5.41, 5.74) is -1.02. The van der Waals surface area contributed by atoms with Crippen LogP contribution in [0.25, 0.3) is 0 Å². The summed E-state index contributed by atoms with van der Waals surface area (Å²) in [6.07, 6.45) is 5.55. The van der Waals surface area contributed by atoms with Crippen molar-refractivity contribution in [3.63, 3.8) is 0 Å². The van der Waals surface area contributed by atoms with E-state index < -0.39 is 52.9 Å². The van der Waals surface area contributed by atoms with Gasteiger partial charge in [0.1, 0.15) is 12.2 Å². The Balaban J connectivity index is 1.69. The van der Waals surface area contributed by atoms with Crippen molar-refractivity contribution in [2.45, 2.75) is 38.6 Å². The van der Waals surface area contributed by atoms with Gasteiger partial charge in [-0.2, -0.15) is 0 Å². The van der Waals surface area contributed by atoms with Gasteiger partial charge < -0.3 is 23.7 Å². The van der Waals surface area contributed by atoms with Crippen molar-refractivity contribution in [1.29, 1.82) is 0 Å². The molecule has 7 atom stereocenters. The molecule has 4 aliphatic rings. The third-order valence-corrected chi connectivity index (χ3v) is 7.24. The second-order valence-corrected chi connectivity index (χ2v) is 8.69. The Morgan fingerprint density at radius 1 is 1.30 bits per heavy atom. The van der Waals surface area contributed by atoms with Crippen molar-refractivity contribution in [3.8, 4) is 0 Å². The van der Waals surface area contributed by atoms with Crippen molar-refractivity contribution in [3.05, 3.63) is 48.0 Å². The van der Waals surface area contributed by atoms with Gasteiger partial charge in [-0.3, -0.25) is 9.59 Å². The molecule has 0 radical (unpaired) electrons. The Bertz CT molecular complexity index is 975. The highest BCUT2D eigenvalue weighted by Crippen LogP contribution is 2.64. The number of carbonyl (C=O) groups is 3. The largest absolute Gasteiger partial charge is 0.472 e. The number of aliphatic hydroxyl groups excluding tert-OH is 1. The third kappa shape index (κ3) is 2.34. The minimum absolute atomic E-state index is 0.126. The molecule has 8 nitrogen and oxygen atoms in total. The number of cyclic esters (lactones) is 2. The van der Waals surface area contributed by atoms with Crippen LogP contribution >= 0.6 is 0 Å². The first-order valence-electron chi connectivity index (χ1n) is 9.93. The molecule has 0 aromatic carbocycles. The lowest BCUT2D eigenvalue weighted by Gasteiger charge is -2.58. The Morgan fingerprint density at radius 3 is 2.80 bits per heavy atom. The van der Waals surface area contributed by atoms with Gasteiger partial charge >= 0.3 is 17.9 Å². The molecule has 1 spiro atoms. The topological polar surface area (TPSA) is 112 Å². The number of fused-ring (bicyclic) bond motifs is 2. The van der Waals surface area contributed by atoms with Gasteiger partial charge in [-0.15, -0.1) is 0 Å². The second-order valence-electron chi connectivity index (χ2n) is 8.69. The average molecular weight is 414 g/mol. The van der Waals surface area contributed by atoms with Crippen LogP contribution in [0.2, 0.25) is 0 Å². The Kier molecular flexibility index (Phi) is 4.02. The number of carbonyl (C=O) groups excluding carboxylic acids is 3. The summed E-state index contributed by atoms with van der Waals surface area (Å²) in [5.74, 6) is -2.48. The fourth-order valence-electron chi connectivity index (χ4n) is 5.95. The fraction of sp³-hybridized carbons (Fsp3) is 0.500. The van der Waals surface area contributed by atoms with E-state index in [0.29, 0.717) is 17.6 Å². The monoisotopic (exact) mass is 414 g/mol. The van der Waals surface area contributed by atoms with Crippen LogP contribution in [0.5, 0.6) is 0 Å². The highest BCUT2D eigenvalue weighted by atomic mass is 16.6. The van der Waals surface area contributed by atoms with E-state index in [0.717, 1.165) is 0 Å². The van der Waals surface area contributed by atoms with Gasteiger partial charge in [-0.1, -0.05) is 19.1 Å². The number of furan rings is 1. The van der Waals surface area contributed by atoms with E-state index in [-0.39, 0.29) is 12.6 Å². The van der Waals surface area contributed by atoms with Crippen LogP contribution in [-0.4, -0.2) is 41.8 Å². The molecule has 0 bridgehead atoms. The zero-order valence-electron chi connectivity index (χ0n) is 16.6. The van der Waals surface area contributed by atoms with Crippen molar-refractivity contribution < 1.29 is 38.1 Å². The molecular weight excluding hydrogens is 392 g/mol. The molecule has 1 N–H and O–H groups in total. The highest BCUT2D eigenvalue weighted by molar-refractivity contribution is 5.92. The summed E-state index contributed by atoms with van der Waals surface area (Å²) in [5, 5.41) is 11.5. The molecule has 5 rings (SSSR count). The zero-order chi connectivity index (χ0) is 21.3. The zero-order valence-corrected chi connectivity index (χ0v) is 16.6. The molecular formula is C22H22O8. The second kappa shape index (κ2) is 6.31. The lowest BCUT2D eigenvalue weighted by Crippen LogP contribution is -2.63. The van der Waals surface area contributed by atoms with E-state index >= 15 is 0 Å². The Morgan fingerprint density at radius 2 is 2.10 bits per heavy atom. The maximum absolute atomic E-state index is 13.0. The first kappa shape index (κ1) is 19.1. The first-order valence-corrected chi connectivity index (χ1v) is 9.93. The van der Waals surface area contributed by atoms with Crippen molar-refractivity contribution in [1.82, 2.24) is 0 Å². The number of aliphatic hydroxyl groups is 1. The van der Waals surface area contributed by atoms with Gasteiger partial charge in [0, 0.05) is 34.8 Å². The lowest BCUT2D eigenvalue weighted by atomic mass is 9.46. The maximum Gasteiger partial charge on any atom is 0.335 e. The molecule has 1 aromatic rings. The molecule has 2 aliphatic carbocycles. The molecule has 0 saturated carbocycles. The standard InChI is InChI=1S/C22H22O8/c1-11(23)29-15-4-3-14-19(25)28-10-22(14)7-5-13-20(26)30-16(12-6-8-27-9-12)18(24)21(13,2)17(15)22/h3-6,8-9,14-18,24H,7,10H2,1-2H3. The number of rotatable bonds is 2. The summed E-state index contributed by atoms with van der Waals surface area (Å²) < 4.78 is 21.7. The number of allylic oxidation sites excluding steroid dienone is 1. The molecule has 1 aromatic heterocycles. The summed E-state index contributed by atoms with van der Waals surface area (Å²) in [6, 6.07) is 1.63. The van der Waals surface area contributed by atoms with E-state index in [2.05, 4.69) is 0 Å². The predicted molar refractivity (Wildman–Crippen MR) is 99.4 cm³/mol. The first-order chi connectivity index (χ1) is 14.3. The van der Waals surface area contributed by atoms with Gasteiger partial charge in [0.05, 0.1) is 25.1 Å². The van der Waals surface area contributed by atoms with Crippen LogP contribution in [0.15, 0.2) is 46.8 Å². The molecule has 0 amide bonds. The van der Waals surface area contributed by atoms with Crippen LogP contribution in [0, 0.1) is 22.7 Å². The minimum atomic E-state index is -1.15. The van der Waals surface area contributed by atoms with E-state index in [1.165, 1.54) is 19.5 Å². The van der Waals surface area contributed by atoms with Crippen molar-refractivity contribution in [2.24, 2.45) is 22.7 Å². The van der Waals surface area contributed by atoms with Crippen molar-refractivity contribution >= 4 is 17.9 Å². The van der Waals surface area contributed by atoms with E-state index in [4.69, 9.17) is 18.6 Å². The van der Waals surface area contributed by atoms with Crippen LogP contribution in [-0.2, 0) is 28.6 Å². The number of esters is 3. The van der Waals surface area contributed by atoms with Crippen LogP contribution < -0.4 is 0 Å². The van der Waals surface area contributed by atoms with Gasteiger partial charge in [-0.25, -0.2) is 4.79 Å². The SMILES string of the molecule is CC(=O)OC1C=CC2C(=O)OCC23CC=C2C(=O)OC(c4ccoc4)C(O)C2(C)C13. The number of hydrogen-bond donors (Lipinski definition) is 1. The minimum Gasteiger partial charge on any atom is -0.472 e. The lowest BCUT2D eigenvalue weighted by molar-refractivity contribution is -0.196. The summed E-state index contributed by atoms with van der Waals surface area (Å²) in [4.78, 5) is 37.3. The van der Waals surface area contributed by atoms with Crippen LogP contribution in [0.1, 0.15) is 31.9 Å². The fourth-order valence-corrected chi connectivity index (χ4v) is 5.95. The Hall–Kier alpha value is -2.87. The normalized spacial score (nSPS) is 41.7.